The summed E-state index contributed by atoms with van der Waals surface area (Å²) in [6.07, 6.45) is 0.843. The van der Waals surface area contributed by atoms with Crippen molar-refractivity contribution in [2.45, 2.75) is 12.7 Å². The molecule has 1 unspecified atom stereocenters. The molecule has 0 radical (unpaired) electrons. The van der Waals surface area contributed by atoms with Gasteiger partial charge in [-0.05, 0) is 12.1 Å². The van der Waals surface area contributed by atoms with Crippen molar-refractivity contribution in [1.29, 1.82) is 0 Å². The van der Waals surface area contributed by atoms with Crippen molar-refractivity contribution >= 4 is 17.9 Å². The summed E-state index contributed by atoms with van der Waals surface area (Å²) >= 11 is 0. The molecule has 7 heteroatoms. The molecule has 0 aliphatic carbocycles. The van der Waals surface area contributed by atoms with Crippen molar-refractivity contribution in [2.75, 3.05) is 6.61 Å². The molecule has 0 saturated heterocycles. The van der Waals surface area contributed by atoms with Gasteiger partial charge in [-0.1, -0.05) is 18.7 Å². The second kappa shape index (κ2) is 6.67. The van der Waals surface area contributed by atoms with E-state index in [0.29, 0.717) is 0 Å². The number of benzene rings is 1. The average molecular weight is 294 g/mol. The van der Waals surface area contributed by atoms with Crippen molar-refractivity contribution in [3.05, 3.63) is 48.0 Å². The molecular weight excluding hydrogens is 280 g/mol. The lowest BCUT2D eigenvalue weighted by Crippen LogP contribution is -2.37. The zero-order valence-corrected chi connectivity index (χ0v) is 11.2. The van der Waals surface area contributed by atoms with Gasteiger partial charge in [-0.2, -0.15) is 0 Å². The Morgan fingerprint density at radius 3 is 2.38 bits per heavy atom. The average Bonchev–Trinajstić information content (AvgIpc) is 2.44. The van der Waals surface area contributed by atoms with E-state index in [-0.39, 0.29) is 11.1 Å². The third kappa shape index (κ3) is 4.73. The van der Waals surface area contributed by atoms with Gasteiger partial charge < -0.3 is 19.7 Å². The highest BCUT2D eigenvalue weighted by molar-refractivity contribution is 6.02. The number of carboxylic acid groups (broad SMARTS) is 1. The molecule has 2 N–H and O–H groups in total. The number of hydrogen-bond donors (Lipinski definition) is 2. The lowest BCUT2D eigenvalue weighted by Gasteiger charge is -2.22. The lowest BCUT2D eigenvalue weighted by molar-refractivity contribution is -0.209. The second-order valence-corrected chi connectivity index (χ2v) is 4.23. The van der Waals surface area contributed by atoms with Crippen molar-refractivity contribution in [3.8, 4) is 0 Å². The third-order valence-electron chi connectivity index (χ3n) is 2.34. The summed E-state index contributed by atoms with van der Waals surface area (Å²) in [7, 11) is 0. The monoisotopic (exact) mass is 294 g/mol. The fourth-order valence-electron chi connectivity index (χ4n) is 1.41. The van der Waals surface area contributed by atoms with E-state index < -0.39 is 30.3 Å². The minimum absolute atomic E-state index is 0.171. The maximum absolute atomic E-state index is 11.8. The van der Waals surface area contributed by atoms with Crippen LogP contribution < -0.4 is 0 Å². The molecule has 0 bridgehead atoms. The molecule has 0 heterocycles. The van der Waals surface area contributed by atoms with Gasteiger partial charge in [0.2, 0.25) is 5.79 Å². The van der Waals surface area contributed by atoms with E-state index >= 15 is 0 Å². The molecule has 1 aromatic carbocycles. The second-order valence-electron chi connectivity index (χ2n) is 4.23. The molecule has 0 saturated carbocycles. The van der Waals surface area contributed by atoms with Crippen LogP contribution in [0.1, 0.15) is 27.6 Å². The summed E-state index contributed by atoms with van der Waals surface area (Å²) in [6, 6.07) is 5.45. The molecule has 21 heavy (non-hydrogen) atoms. The van der Waals surface area contributed by atoms with Gasteiger partial charge >= 0.3 is 17.9 Å². The number of rotatable bonds is 6. The topological polar surface area (TPSA) is 110 Å². The van der Waals surface area contributed by atoms with Crippen LogP contribution in [0.3, 0.4) is 0 Å². The molecule has 1 atom stereocenters. The van der Waals surface area contributed by atoms with Gasteiger partial charge in [-0.25, -0.2) is 14.4 Å². The summed E-state index contributed by atoms with van der Waals surface area (Å²) in [5.74, 6) is -5.17. The zero-order valence-electron chi connectivity index (χ0n) is 11.2. The maximum Gasteiger partial charge on any atom is 0.339 e. The minimum Gasteiger partial charge on any atom is -0.478 e. The van der Waals surface area contributed by atoms with Crippen LogP contribution in [0.5, 0.6) is 0 Å². The van der Waals surface area contributed by atoms with Crippen LogP contribution >= 0.6 is 0 Å². The van der Waals surface area contributed by atoms with Gasteiger partial charge in [0.1, 0.15) is 0 Å². The number of carboxylic acids is 1. The highest BCUT2D eigenvalue weighted by atomic mass is 16.7. The molecule has 112 valence electrons. The molecule has 0 amide bonds. The molecule has 1 rings (SSSR count). The van der Waals surface area contributed by atoms with E-state index in [1.54, 1.807) is 0 Å². The van der Waals surface area contributed by atoms with Crippen molar-refractivity contribution in [2.24, 2.45) is 0 Å². The molecule has 0 aliphatic heterocycles. The van der Waals surface area contributed by atoms with Crippen LogP contribution in [0.15, 0.2) is 36.9 Å². The number of carbonyl (C=O) groups is 3. The Morgan fingerprint density at radius 1 is 1.29 bits per heavy atom. The molecule has 7 nitrogen and oxygen atoms in total. The maximum atomic E-state index is 11.8. The van der Waals surface area contributed by atoms with Gasteiger partial charge in [-0.3, -0.25) is 0 Å². The van der Waals surface area contributed by atoms with Gasteiger partial charge in [-0.15, -0.1) is 0 Å². The van der Waals surface area contributed by atoms with Crippen LogP contribution in [0.25, 0.3) is 0 Å². The Labute approximate surface area is 120 Å². The number of esters is 2. The van der Waals surface area contributed by atoms with Crippen molar-refractivity contribution in [3.63, 3.8) is 0 Å². The Hall–Kier alpha value is -2.67. The number of carbonyl (C=O) groups excluding carboxylic acids is 2. The van der Waals surface area contributed by atoms with E-state index in [4.69, 9.17) is 9.84 Å². The predicted octanol–water partition coefficient (Wildman–Crippen LogP) is 0.979. The van der Waals surface area contributed by atoms with Crippen LogP contribution in [0.4, 0.5) is 0 Å². The standard InChI is InChI=1S/C14H14O7/c1-3-11(15)21-14(2,19)8-20-13(18)10-7-5-4-6-9(10)12(16)17/h3-7,19H,1,8H2,2H3,(H,16,17). The van der Waals surface area contributed by atoms with Gasteiger partial charge in [0, 0.05) is 13.0 Å². The summed E-state index contributed by atoms with van der Waals surface area (Å²) in [6.45, 7) is 3.62. The largest absolute Gasteiger partial charge is 0.478 e. The summed E-state index contributed by atoms with van der Waals surface area (Å²) < 4.78 is 9.32. The van der Waals surface area contributed by atoms with Crippen LogP contribution in [0.2, 0.25) is 0 Å². The Morgan fingerprint density at radius 2 is 1.86 bits per heavy atom. The molecule has 1 aromatic rings. The first-order valence-electron chi connectivity index (χ1n) is 5.84. The summed E-state index contributed by atoms with van der Waals surface area (Å²) in [4.78, 5) is 33.8. The van der Waals surface area contributed by atoms with E-state index in [9.17, 15) is 19.5 Å². The van der Waals surface area contributed by atoms with Crippen LogP contribution in [0, 0.1) is 0 Å². The first kappa shape index (κ1) is 16.4. The van der Waals surface area contributed by atoms with E-state index in [1.165, 1.54) is 24.3 Å². The summed E-state index contributed by atoms with van der Waals surface area (Å²) in [5, 5.41) is 18.7. The van der Waals surface area contributed by atoms with E-state index in [0.717, 1.165) is 13.0 Å². The van der Waals surface area contributed by atoms with Crippen molar-refractivity contribution in [1.82, 2.24) is 0 Å². The van der Waals surface area contributed by atoms with Gasteiger partial charge in [0.05, 0.1) is 11.1 Å². The third-order valence-corrected chi connectivity index (χ3v) is 2.34. The van der Waals surface area contributed by atoms with E-state index in [2.05, 4.69) is 11.3 Å². The molecule has 0 aliphatic rings. The summed E-state index contributed by atoms with van der Waals surface area (Å²) in [5.41, 5.74) is -0.402. The lowest BCUT2D eigenvalue weighted by atomic mass is 10.1. The first-order chi connectivity index (χ1) is 9.76. The molecular formula is C14H14O7. The molecule has 0 fully saturated rings. The van der Waals surface area contributed by atoms with Gasteiger partial charge in [0.25, 0.3) is 0 Å². The molecule has 0 spiro atoms. The number of ether oxygens (including phenoxy) is 2. The number of hydrogen-bond acceptors (Lipinski definition) is 6. The first-order valence-corrected chi connectivity index (χ1v) is 5.84. The Kier molecular flexibility index (Phi) is 5.20. The zero-order chi connectivity index (χ0) is 16.0. The smallest absolute Gasteiger partial charge is 0.339 e. The van der Waals surface area contributed by atoms with Crippen LogP contribution in [-0.2, 0) is 14.3 Å². The number of aliphatic hydroxyl groups is 1. The highest BCUT2D eigenvalue weighted by Gasteiger charge is 2.28. The van der Waals surface area contributed by atoms with Gasteiger partial charge in [0.15, 0.2) is 6.61 Å². The molecule has 0 aromatic heterocycles. The fraction of sp³-hybridized carbons (Fsp3) is 0.214. The minimum atomic E-state index is -2.04. The SMILES string of the molecule is C=CC(=O)OC(C)(O)COC(=O)c1ccccc1C(=O)O. The predicted molar refractivity (Wildman–Crippen MR) is 70.6 cm³/mol. The number of aromatic carboxylic acids is 1. The Bertz CT molecular complexity index is 574. The van der Waals surface area contributed by atoms with E-state index in [1.807, 2.05) is 0 Å². The Balaban J connectivity index is 2.77. The van der Waals surface area contributed by atoms with Crippen molar-refractivity contribution < 1.29 is 34.1 Å². The fourth-order valence-corrected chi connectivity index (χ4v) is 1.41. The highest BCUT2D eigenvalue weighted by Crippen LogP contribution is 2.13. The normalized spacial score (nSPS) is 12.9. The van der Waals surface area contributed by atoms with Crippen LogP contribution in [-0.4, -0.2) is 40.5 Å². The quantitative estimate of drug-likeness (QED) is 0.457.